The van der Waals surface area contributed by atoms with Crippen LogP contribution in [-0.4, -0.2) is 38.6 Å². The molecule has 16 heavy (non-hydrogen) atoms. The highest BCUT2D eigenvalue weighted by atomic mass is 16.3. The van der Waals surface area contributed by atoms with Gasteiger partial charge in [-0.2, -0.15) is 0 Å². The first-order valence-electron chi connectivity index (χ1n) is 5.69. The average molecular weight is 226 g/mol. The number of rotatable bonds is 6. The van der Waals surface area contributed by atoms with Crippen molar-refractivity contribution in [3.8, 4) is 0 Å². The van der Waals surface area contributed by atoms with Crippen molar-refractivity contribution in [2.75, 3.05) is 13.1 Å². The fourth-order valence-electron chi connectivity index (χ4n) is 1.28. The Balaban J connectivity index is 2.25. The molecule has 0 aliphatic heterocycles. The van der Waals surface area contributed by atoms with E-state index in [1.165, 1.54) is 0 Å². The quantitative estimate of drug-likeness (QED) is 0.687. The second-order valence-electron chi connectivity index (χ2n) is 4.80. The van der Waals surface area contributed by atoms with Gasteiger partial charge in [-0.05, 0) is 12.8 Å². The number of hydrogen-bond donors (Lipinski definition) is 2. The Hall–Kier alpha value is -0.940. The SMILES string of the molecule is CC(C)C(C)(O)CNCCc1nncn1C. The Kier molecular flexibility index (Phi) is 4.44. The van der Waals surface area contributed by atoms with Crippen LogP contribution in [0.5, 0.6) is 0 Å². The molecule has 92 valence electrons. The molecule has 1 unspecified atom stereocenters. The van der Waals surface area contributed by atoms with Crippen molar-refractivity contribution in [3.05, 3.63) is 12.2 Å². The van der Waals surface area contributed by atoms with Crippen LogP contribution in [0.4, 0.5) is 0 Å². The minimum absolute atomic E-state index is 0.245. The summed E-state index contributed by atoms with van der Waals surface area (Å²) in [5.74, 6) is 1.20. The zero-order valence-corrected chi connectivity index (χ0v) is 10.6. The molecule has 0 aromatic carbocycles. The van der Waals surface area contributed by atoms with Gasteiger partial charge in [0.05, 0.1) is 5.60 Å². The molecule has 1 aromatic rings. The summed E-state index contributed by atoms with van der Waals surface area (Å²) in [4.78, 5) is 0. The molecule has 5 heteroatoms. The minimum Gasteiger partial charge on any atom is -0.389 e. The molecular formula is C11H22N4O. The van der Waals surface area contributed by atoms with Gasteiger partial charge in [-0.25, -0.2) is 0 Å². The molecular weight excluding hydrogens is 204 g/mol. The van der Waals surface area contributed by atoms with E-state index in [-0.39, 0.29) is 5.92 Å². The molecule has 0 radical (unpaired) electrons. The summed E-state index contributed by atoms with van der Waals surface area (Å²) in [6.07, 6.45) is 2.52. The van der Waals surface area contributed by atoms with E-state index in [2.05, 4.69) is 15.5 Å². The van der Waals surface area contributed by atoms with Gasteiger partial charge in [-0.1, -0.05) is 13.8 Å². The number of aliphatic hydroxyl groups is 1. The van der Waals surface area contributed by atoms with E-state index in [9.17, 15) is 5.11 Å². The summed E-state index contributed by atoms with van der Waals surface area (Å²) in [5, 5.41) is 21.1. The lowest BCUT2D eigenvalue weighted by Crippen LogP contribution is -2.42. The normalized spacial score (nSPS) is 15.4. The molecule has 1 heterocycles. The van der Waals surface area contributed by atoms with Crippen molar-refractivity contribution in [1.82, 2.24) is 20.1 Å². The molecule has 0 aliphatic carbocycles. The van der Waals surface area contributed by atoms with Crippen molar-refractivity contribution in [3.63, 3.8) is 0 Å². The Morgan fingerprint density at radius 2 is 2.25 bits per heavy atom. The van der Waals surface area contributed by atoms with Gasteiger partial charge in [0, 0.05) is 26.6 Å². The van der Waals surface area contributed by atoms with E-state index in [1.807, 2.05) is 32.4 Å². The lowest BCUT2D eigenvalue weighted by Gasteiger charge is -2.27. The summed E-state index contributed by atoms with van der Waals surface area (Å²) in [6, 6.07) is 0. The molecule has 1 aromatic heterocycles. The Morgan fingerprint density at radius 1 is 1.56 bits per heavy atom. The molecule has 0 bridgehead atoms. The maximum Gasteiger partial charge on any atom is 0.133 e. The van der Waals surface area contributed by atoms with E-state index < -0.39 is 5.60 Å². The lowest BCUT2D eigenvalue weighted by molar-refractivity contribution is 0.0145. The topological polar surface area (TPSA) is 63.0 Å². The number of aryl methyl sites for hydroxylation is 1. The third kappa shape index (κ3) is 3.57. The first-order chi connectivity index (χ1) is 7.43. The number of aromatic nitrogens is 3. The molecule has 0 saturated carbocycles. The van der Waals surface area contributed by atoms with E-state index in [0.717, 1.165) is 18.8 Å². The van der Waals surface area contributed by atoms with Crippen molar-refractivity contribution in [2.24, 2.45) is 13.0 Å². The number of hydrogen-bond acceptors (Lipinski definition) is 4. The maximum atomic E-state index is 10.0. The Bertz CT molecular complexity index is 320. The summed E-state index contributed by atoms with van der Waals surface area (Å²) in [7, 11) is 1.93. The highest BCUT2D eigenvalue weighted by molar-refractivity contribution is 4.86. The minimum atomic E-state index is -0.653. The van der Waals surface area contributed by atoms with Crippen LogP contribution in [0, 0.1) is 5.92 Å². The lowest BCUT2D eigenvalue weighted by atomic mass is 9.92. The van der Waals surface area contributed by atoms with Crippen LogP contribution < -0.4 is 5.32 Å². The summed E-state index contributed by atoms with van der Waals surface area (Å²) >= 11 is 0. The van der Waals surface area contributed by atoms with Gasteiger partial charge in [0.15, 0.2) is 0 Å². The summed E-state index contributed by atoms with van der Waals surface area (Å²) in [6.45, 7) is 7.29. The largest absolute Gasteiger partial charge is 0.389 e. The third-order valence-corrected chi connectivity index (χ3v) is 3.06. The smallest absolute Gasteiger partial charge is 0.133 e. The van der Waals surface area contributed by atoms with E-state index in [1.54, 1.807) is 6.33 Å². The molecule has 1 rings (SSSR count). The molecule has 0 saturated heterocycles. The zero-order chi connectivity index (χ0) is 12.2. The fourth-order valence-corrected chi connectivity index (χ4v) is 1.28. The molecule has 0 amide bonds. The van der Waals surface area contributed by atoms with Crippen LogP contribution in [0.2, 0.25) is 0 Å². The average Bonchev–Trinajstić information content (AvgIpc) is 2.59. The van der Waals surface area contributed by atoms with E-state index >= 15 is 0 Å². The van der Waals surface area contributed by atoms with Crippen LogP contribution in [0.3, 0.4) is 0 Å². The van der Waals surface area contributed by atoms with Crippen LogP contribution >= 0.6 is 0 Å². The Morgan fingerprint density at radius 3 is 2.75 bits per heavy atom. The number of nitrogens with zero attached hydrogens (tertiary/aromatic N) is 3. The van der Waals surface area contributed by atoms with Gasteiger partial charge in [-0.3, -0.25) is 0 Å². The third-order valence-electron chi connectivity index (χ3n) is 3.06. The van der Waals surface area contributed by atoms with Gasteiger partial charge in [0.25, 0.3) is 0 Å². The standard InChI is InChI=1S/C11H22N4O/c1-9(2)11(3,16)7-12-6-5-10-14-13-8-15(10)4/h8-9,12,16H,5-7H2,1-4H3. The van der Waals surface area contributed by atoms with Crippen LogP contribution in [0.1, 0.15) is 26.6 Å². The second kappa shape index (κ2) is 5.41. The second-order valence-corrected chi connectivity index (χ2v) is 4.80. The van der Waals surface area contributed by atoms with Crippen LogP contribution in [0.25, 0.3) is 0 Å². The molecule has 2 N–H and O–H groups in total. The molecule has 5 nitrogen and oxygen atoms in total. The summed E-state index contributed by atoms with van der Waals surface area (Å²) < 4.78 is 1.91. The Labute approximate surface area is 96.9 Å². The predicted octanol–water partition coefficient (Wildman–Crippen LogP) is 0.354. The van der Waals surface area contributed by atoms with Gasteiger partial charge >= 0.3 is 0 Å². The monoisotopic (exact) mass is 226 g/mol. The highest BCUT2D eigenvalue weighted by Crippen LogP contribution is 2.14. The predicted molar refractivity (Wildman–Crippen MR) is 63.0 cm³/mol. The van der Waals surface area contributed by atoms with Crippen molar-refractivity contribution in [2.45, 2.75) is 32.8 Å². The van der Waals surface area contributed by atoms with Crippen LogP contribution in [-0.2, 0) is 13.5 Å². The first kappa shape index (κ1) is 13.1. The van der Waals surface area contributed by atoms with Gasteiger partial charge in [0.1, 0.15) is 12.2 Å². The van der Waals surface area contributed by atoms with Crippen molar-refractivity contribution >= 4 is 0 Å². The van der Waals surface area contributed by atoms with Gasteiger partial charge in [0.2, 0.25) is 0 Å². The van der Waals surface area contributed by atoms with Gasteiger partial charge < -0.3 is 15.0 Å². The van der Waals surface area contributed by atoms with Crippen LogP contribution in [0.15, 0.2) is 6.33 Å². The highest BCUT2D eigenvalue weighted by Gasteiger charge is 2.23. The van der Waals surface area contributed by atoms with Gasteiger partial charge in [-0.15, -0.1) is 10.2 Å². The van der Waals surface area contributed by atoms with E-state index in [0.29, 0.717) is 6.54 Å². The molecule has 0 fully saturated rings. The molecule has 0 spiro atoms. The van der Waals surface area contributed by atoms with Crippen molar-refractivity contribution < 1.29 is 5.11 Å². The molecule has 0 aliphatic rings. The number of nitrogens with one attached hydrogen (secondary N) is 1. The maximum absolute atomic E-state index is 10.0. The summed E-state index contributed by atoms with van der Waals surface area (Å²) in [5.41, 5.74) is -0.653. The molecule has 1 atom stereocenters. The fraction of sp³-hybridized carbons (Fsp3) is 0.818. The van der Waals surface area contributed by atoms with Crippen molar-refractivity contribution in [1.29, 1.82) is 0 Å². The van der Waals surface area contributed by atoms with E-state index in [4.69, 9.17) is 0 Å². The zero-order valence-electron chi connectivity index (χ0n) is 10.6. The first-order valence-corrected chi connectivity index (χ1v) is 5.69.